The summed E-state index contributed by atoms with van der Waals surface area (Å²) in [6, 6.07) is 9.39. The van der Waals surface area contributed by atoms with Crippen molar-refractivity contribution in [2.45, 2.75) is 6.54 Å². The number of nitrogens with two attached hydrogens (primary N) is 1. The Morgan fingerprint density at radius 3 is 2.33 bits per heavy atom. The lowest BCUT2D eigenvalue weighted by Gasteiger charge is -2.21. The van der Waals surface area contributed by atoms with Crippen molar-refractivity contribution in [3.63, 3.8) is 0 Å². The highest BCUT2D eigenvalue weighted by atomic mass is 79.9. The minimum absolute atomic E-state index is 0.112. The van der Waals surface area contributed by atoms with Crippen LogP contribution in [0.15, 0.2) is 44.7 Å². The molecular formula is C14H12Br2N2O2S. The molecule has 1 aromatic carbocycles. The van der Waals surface area contributed by atoms with Gasteiger partial charge in [0.25, 0.3) is 5.91 Å². The first kappa shape index (κ1) is 16.2. The van der Waals surface area contributed by atoms with Crippen molar-refractivity contribution >= 4 is 55.0 Å². The molecule has 21 heavy (non-hydrogen) atoms. The van der Waals surface area contributed by atoms with Crippen LogP contribution in [0.4, 0.5) is 0 Å². The predicted molar refractivity (Wildman–Crippen MR) is 90.1 cm³/mol. The third-order valence-electron chi connectivity index (χ3n) is 2.73. The van der Waals surface area contributed by atoms with Crippen LogP contribution in [0.1, 0.15) is 15.2 Å². The zero-order chi connectivity index (χ0) is 15.4. The van der Waals surface area contributed by atoms with Crippen LogP contribution >= 0.6 is 43.2 Å². The Hall–Kier alpha value is -1.18. The lowest BCUT2D eigenvalue weighted by Crippen LogP contribution is -2.37. The van der Waals surface area contributed by atoms with E-state index in [-0.39, 0.29) is 12.5 Å². The van der Waals surface area contributed by atoms with E-state index in [2.05, 4.69) is 31.9 Å². The van der Waals surface area contributed by atoms with E-state index in [1.54, 1.807) is 6.07 Å². The van der Waals surface area contributed by atoms with Gasteiger partial charge in [-0.25, -0.2) is 0 Å². The molecule has 0 saturated heterocycles. The molecule has 0 aliphatic carbocycles. The number of halogens is 2. The minimum atomic E-state index is -0.534. The SMILES string of the molecule is NC(=O)CN(Cc1ccc(Br)cc1)C(=O)c1sccc1Br. The number of rotatable bonds is 5. The van der Waals surface area contributed by atoms with Gasteiger partial charge in [0.05, 0.1) is 0 Å². The van der Waals surface area contributed by atoms with Gasteiger partial charge < -0.3 is 10.6 Å². The molecule has 2 amide bonds. The minimum Gasteiger partial charge on any atom is -0.368 e. The molecule has 2 rings (SSSR count). The Morgan fingerprint density at radius 2 is 1.81 bits per heavy atom. The highest BCUT2D eigenvalue weighted by Crippen LogP contribution is 2.25. The fraction of sp³-hybridized carbons (Fsp3) is 0.143. The molecule has 0 aliphatic rings. The molecule has 2 aromatic rings. The zero-order valence-electron chi connectivity index (χ0n) is 10.9. The lowest BCUT2D eigenvalue weighted by molar-refractivity contribution is -0.118. The smallest absolute Gasteiger partial charge is 0.265 e. The van der Waals surface area contributed by atoms with Crippen molar-refractivity contribution < 1.29 is 9.59 Å². The van der Waals surface area contributed by atoms with Gasteiger partial charge in [-0.15, -0.1) is 11.3 Å². The molecular weight excluding hydrogens is 420 g/mol. The molecule has 0 aliphatic heterocycles. The summed E-state index contributed by atoms with van der Waals surface area (Å²) in [4.78, 5) is 25.8. The fourth-order valence-electron chi connectivity index (χ4n) is 1.79. The molecule has 1 heterocycles. The van der Waals surface area contributed by atoms with Crippen LogP contribution in [-0.2, 0) is 11.3 Å². The summed E-state index contributed by atoms with van der Waals surface area (Å²) in [6.45, 7) is 0.221. The van der Waals surface area contributed by atoms with Crippen LogP contribution in [0.3, 0.4) is 0 Å². The van der Waals surface area contributed by atoms with E-state index in [1.165, 1.54) is 16.2 Å². The largest absolute Gasteiger partial charge is 0.368 e. The standard InChI is InChI=1S/C14H12Br2N2O2S/c15-10-3-1-9(2-4-10)7-18(8-12(17)19)14(20)13-11(16)5-6-21-13/h1-6H,7-8H2,(H2,17,19). The van der Waals surface area contributed by atoms with Gasteiger partial charge in [-0.2, -0.15) is 0 Å². The van der Waals surface area contributed by atoms with Crippen LogP contribution in [0.2, 0.25) is 0 Å². The summed E-state index contributed by atoms with van der Waals surface area (Å²) < 4.78 is 1.68. The van der Waals surface area contributed by atoms with Crippen LogP contribution in [0.5, 0.6) is 0 Å². The van der Waals surface area contributed by atoms with Crippen molar-refractivity contribution in [2.24, 2.45) is 5.73 Å². The Balaban J connectivity index is 2.22. The van der Waals surface area contributed by atoms with Gasteiger partial charge in [-0.3, -0.25) is 9.59 Å². The second kappa shape index (κ2) is 7.20. The summed E-state index contributed by atoms with van der Waals surface area (Å²) in [5.41, 5.74) is 6.18. The van der Waals surface area contributed by atoms with Gasteiger partial charge >= 0.3 is 0 Å². The molecule has 4 nitrogen and oxygen atoms in total. The molecule has 0 bridgehead atoms. The number of hydrogen-bond donors (Lipinski definition) is 1. The van der Waals surface area contributed by atoms with Gasteiger partial charge in [-0.05, 0) is 45.1 Å². The first-order valence-electron chi connectivity index (χ1n) is 6.02. The number of benzene rings is 1. The van der Waals surface area contributed by atoms with E-state index in [4.69, 9.17) is 5.73 Å². The summed E-state index contributed by atoms with van der Waals surface area (Å²) in [5.74, 6) is -0.744. The van der Waals surface area contributed by atoms with E-state index in [9.17, 15) is 9.59 Å². The molecule has 0 unspecified atom stereocenters. The highest BCUT2D eigenvalue weighted by Gasteiger charge is 2.21. The number of nitrogens with zero attached hydrogens (tertiary/aromatic N) is 1. The third kappa shape index (κ3) is 4.39. The number of primary amides is 1. The van der Waals surface area contributed by atoms with Crippen molar-refractivity contribution in [1.82, 2.24) is 4.90 Å². The number of hydrogen-bond acceptors (Lipinski definition) is 3. The van der Waals surface area contributed by atoms with Crippen LogP contribution in [0.25, 0.3) is 0 Å². The highest BCUT2D eigenvalue weighted by molar-refractivity contribution is 9.10. The first-order valence-corrected chi connectivity index (χ1v) is 8.49. The average Bonchev–Trinajstić information content (AvgIpc) is 2.85. The molecule has 0 radical (unpaired) electrons. The monoisotopic (exact) mass is 430 g/mol. The van der Waals surface area contributed by atoms with Crippen LogP contribution < -0.4 is 5.73 Å². The van der Waals surface area contributed by atoms with E-state index < -0.39 is 5.91 Å². The molecule has 1 aromatic heterocycles. The fourth-order valence-corrected chi connectivity index (χ4v) is 3.56. The first-order chi connectivity index (χ1) is 9.97. The van der Waals surface area contributed by atoms with Crippen LogP contribution in [0, 0.1) is 0 Å². The van der Waals surface area contributed by atoms with Gasteiger partial charge in [0.15, 0.2) is 0 Å². The van der Waals surface area contributed by atoms with E-state index in [1.807, 2.05) is 29.6 Å². The lowest BCUT2D eigenvalue weighted by atomic mass is 10.2. The maximum atomic E-state index is 12.5. The van der Waals surface area contributed by atoms with Gasteiger partial charge in [0.2, 0.25) is 5.91 Å². The second-order valence-electron chi connectivity index (χ2n) is 4.35. The van der Waals surface area contributed by atoms with E-state index >= 15 is 0 Å². The van der Waals surface area contributed by atoms with Crippen molar-refractivity contribution in [3.8, 4) is 0 Å². The average molecular weight is 432 g/mol. The number of thiophene rings is 1. The number of carbonyl (C=O) groups is 2. The third-order valence-corrected chi connectivity index (χ3v) is 5.09. The Kier molecular flexibility index (Phi) is 5.55. The normalized spacial score (nSPS) is 10.4. The van der Waals surface area contributed by atoms with Crippen molar-refractivity contribution in [1.29, 1.82) is 0 Å². The summed E-state index contributed by atoms with van der Waals surface area (Å²) >= 11 is 8.03. The zero-order valence-corrected chi connectivity index (χ0v) is 14.9. The van der Waals surface area contributed by atoms with Crippen molar-refractivity contribution in [2.75, 3.05) is 6.54 Å². The number of carbonyl (C=O) groups excluding carboxylic acids is 2. The number of amides is 2. The molecule has 0 fully saturated rings. The second-order valence-corrected chi connectivity index (χ2v) is 7.04. The quantitative estimate of drug-likeness (QED) is 0.788. The van der Waals surface area contributed by atoms with E-state index in [0.717, 1.165) is 14.5 Å². The van der Waals surface area contributed by atoms with Gasteiger partial charge in [-0.1, -0.05) is 28.1 Å². The topological polar surface area (TPSA) is 63.4 Å². The summed E-state index contributed by atoms with van der Waals surface area (Å²) in [7, 11) is 0. The Morgan fingerprint density at radius 1 is 1.14 bits per heavy atom. The van der Waals surface area contributed by atoms with Crippen molar-refractivity contribution in [3.05, 3.63) is 55.1 Å². The Bertz CT molecular complexity index is 655. The van der Waals surface area contributed by atoms with Gasteiger partial charge in [0, 0.05) is 15.5 Å². The molecule has 0 saturated carbocycles. The Labute approximate surface area is 143 Å². The summed E-state index contributed by atoms with van der Waals surface area (Å²) in [5, 5.41) is 1.82. The van der Waals surface area contributed by atoms with Crippen LogP contribution in [-0.4, -0.2) is 23.3 Å². The van der Waals surface area contributed by atoms with Gasteiger partial charge in [0.1, 0.15) is 11.4 Å². The van der Waals surface area contributed by atoms with E-state index in [0.29, 0.717) is 11.4 Å². The maximum Gasteiger partial charge on any atom is 0.265 e. The molecule has 0 spiro atoms. The molecule has 7 heteroatoms. The molecule has 0 atom stereocenters. The maximum absolute atomic E-state index is 12.5. The summed E-state index contributed by atoms with van der Waals surface area (Å²) in [6.07, 6.45) is 0. The predicted octanol–water partition coefficient (Wildman–Crippen LogP) is 3.40. The molecule has 2 N–H and O–H groups in total. The molecule has 110 valence electrons.